The Kier molecular flexibility index (Phi) is 7.11. The van der Waals surface area contributed by atoms with Crippen LogP contribution in [0.1, 0.15) is 56.0 Å². The average Bonchev–Trinajstić information content (AvgIpc) is 3.63. The molecule has 2 aliphatic rings. The fraction of sp³-hybridized carbons (Fsp3) is 0.500. The number of hydrogen-bond acceptors (Lipinski definition) is 9. The van der Waals surface area contributed by atoms with Crippen LogP contribution in [0.2, 0.25) is 0 Å². The van der Waals surface area contributed by atoms with Crippen LogP contribution in [0.15, 0.2) is 24.7 Å². The molecule has 0 unspecified atom stereocenters. The van der Waals surface area contributed by atoms with Gasteiger partial charge in [0.1, 0.15) is 23.5 Å². The zero-order valence-corrected chi connectivity index (χ0v) is 23.5. The first-order valence-corrected chi connectivity index (χ1v) is 13.3. The lowest BCUT2D eigenvalue weighted by Crippen LogP contribution is -2.35. The predicted molar refractivity (Wildman–Crippen MR) is 148 cm³/mol. The molecule has 2 N–H and O–H groups in total. The van der Waals surface area contributed by atoms with Gasteiger partial charge in [-0.3, -0.25) is 4.90 Å². The van der Waals surface area contributed by atoms with Crippen molar-refractivity contribution < 1.29 is 19.4 Å². The van der Waals surface area contributed by atoms with Gasteiger partial charge < -0.3 is 29.4 Å². The summed E-state index contributed by atoms with van der Waals surface area (Å²) in [6, 6.07) is 4.04. The van der Waals surface area contributed by atoms with Crippen LogP contribution in [0.5, 0.6) is 5.75 Å². The molecule has 0 saturated carbocycles. The van der Waals surface area contributed by atoms with Crippen molar-refractivity contribution in [1.82, 2.24) is 24.4 Å². The quantitative estimate of drug-likeness (QED) is 0.478. The number of methoxy groups -OCH3 is 1. The third-order valence-corrected chi connectivity index (χ3v) is 7.22. The van der Waals surface area contributed by atoms with E-state index in [4.69, 9.17) is 19.4 Å². The van der Waals surface area contributed by atoms with E-state index >= 15 is 0 Å². The Balaban J connectivity index is 1.45. The number of nitrogens with zero attached hydrogens (tertiary/aromatic N) is 6. The maximum atomic E-state index is 12.9. The second kappa shape index (κ2) is 10.4. The number of aliphatic hydroxyl groups is 1. The fourth-order valence-corrected chi connectivity index (χ4v) is 5.10. The Morgan fingerprint density at radius 3 is 2.72 bits per heavy atom. The van der Waals surface area contributed by atoms with Gasteiger partial charge in [0.25, 0.3) is 0 Å². The molecule has 5 rings (SSSR count). The smallest absolute Gasteiger partial charge is 0.410 e. The van der Waals surface area contributed by atoms with Gasteiger partial charge in [0.15, 0.2) is 5.82 Å². The Bertz CT molecular complexity index is 1380. The Morgan fingerprint density at radius 1 is 1.21 bits per heavy atom. The summed E-state index contributed by atoms with van der Waals surface area (Å²) < 4.78 is 13.1. The highest BCUT2D eigenvalue weighted by Gasteiger charge is 2.35. The molecule has 39 heavy (non-hydrogen) atoms. The van der Waals surface area contributed by atoms with E-state index < -0.39 is 5.60 Å². The summed E-state index contributed by atoms with van der Waals surface area (Å²) in [5.41, 5.74) is 4.21. The molecule has 2 aliphatic heterocycles. The van der Waals surface area contributed by atoms with E-state index in [0.717, 1.165) is 59.0 Å². The van der Waals surface area contributed by atoms with Gasteiger partial charge in [0.05, 0.1) is 50.4 Å². The number of rotatable bonds is 6. The first-order chi connectivity index (χ1) is 18.6. The predicted octanol–water partition coefficient (Wildman–Crippen LogP) is 4.24. The van der Waals surface area contributed by atoms with Crippen LogP contribution in [0.25, 0.3) is 5.69 Å². The van der Waals surface area contributed by atoms with Gasteiger partial charge in [-0.15, -0.1) is 0 Å². The lowest BCUT2D eigenvalue weighted by Gasteiger charge is -2.27. The second-order valence-corrected chi connectivity index (χ2v) is 11.2. The number of aliphatic hydroxyl groups excluding tert-OH is 1. The summed E-state index contributed by atoms with van der Waals surface area (Å²) in [5, 5.41) is 13.2. The van der Waals surface area contributed by atoms with E-state index in [0.29, 0.717) is 24.9 Å². The minimum absolute atomic E-state index is 0.0219. The summed E-state index contributed by atoms with van der Waals surface area (Å²) in [5.74, 6) is 2.53. The number of anilines is 3. The lowest BCUT2D eigenvalue weighted by molar-refractivity contribution is 0.0240. The van der Waals surface area contributed by atoms with Gasteiger partial charge in [0, 0.05) is 18.2 Å². The second-order valence-electron chi connectivity index (χ2n) is 11.2. The first kappa shape index (κ1) is 26.7. The van der Waals surface area contributed by atoms with Crippen molar-refractivity contribution in [3.05, 3.63) is 47.0 Å². The Morgan fingerprint density at radius 2 is 2.00 bits per heavy atom. The maximum Gasteiger partial charge on any atom is 0.410 e. The highest BCUT2D eigenvalue weighted by molar-refractivity contribution is 5.71. The number of aromatic nitrogens is 4. The molecule has 0 spiro atoms. The summed E-state index contributed by atoms with van der Waals surface area (Å²) in [4.78, 5) is 30.8. The number of fused-ring (bicyclic) bond motifs is 1. The van der Waals surface area contributed by atoms with E-state index in [1.54, 1.807) is 18.3 Å². The zero-order valence-electron chi connectivity index (χ0n) is 23.5. The van der Waals surface area contributed by atoms with Gasteiger partial charge in [-0.25, -0.2) is 14.8 Å². The monoisotopic (exact) mass is 535 g/mol. The average molecular weight is 536 g/mol. The zero-order chi connectivity index (χ0) is 27.9. The summed E-state index contributed by atoms with van der Waals surface area (Å²) >= 11 is 0. The molecule has 2 aromatic heterocycles. The number of hydrogen-bond donors (Lipinski definition) is 2. The highest BCUT2D eigenvalue weighted by Crippen LogP contribution is 2.35. The molecule has 4 heterocycles. The van der Waals surface area contributed by atoms with Crippen LogP contribution in [0.3, 0.4) is 0 Å². The molecule has 1 aromatic carbocycles. The topological polar surface area (TPSA) is 118 Å². The van der Waals surface area contributed by atoms with Crippen molar-refractivity contribution in [1.29, 1.82) is 0 Å². The van der Waals surface area contributed by atoms with E-state index in [1.807, 2.05) is 44.5 Å². The third kappa shape index (κ3) is 5.49. The summed E-state index contributed by atoms with van der Waals surface area (Å²) in [6.07, 6.45) is 5.07. The van der Waals surface area contributed by atoms with Crippen LogP contribution in [-0.4, -0.2) is 67.5 Å². The van der Waals surface area contributed by atoms with Gasteiger partial charge in [0.2, 0.25) is 5.95 Å². The molecular weight excluding hydrogens is 498 g/mol. The number of carbonyl (C=O) groups is 1. The number of carbonyl (C=O) groups excluding carboxylic acids is 1. The normalized spacial score (nSPS) is 16.9. The van der Waals surface area contributed by atoms with Crippen molar-refractivity contribution in [2.24, 2.45) is 0 Å². The number of imidazole rings is 1. The number of nitrogens with one attached hydrogen (secondary N) is 1. The van der Waals surface area contributed by atoms with Gasteiger partial charge in [-0.1, -0.05) is 0 Å². The molecule has 3 aromatic rings. The first-order valence-electron chi connectivity index (χ1n) is 13.3. The summed E-state index contributed by atoms with van der Waals surface area (Å²) in [7, 11) is 1.67. The van der Waals surface area contributed by atoms with Gasteiger partial charge in [-0.2, -0.15) is 4.98 Å². The SMILES string of the molecule is COc1cc(-n2cnc(Nc3nc4c(c(N5CCC[C@@H]5CO)n3)CN(C(=O)OC(C)(C)C)C4)c2)cc(C)c1C. The molecule has 1 amide bonds. The van der Waals surface area contributed by atoms with E-state index in [-0.39, 0.29) is 18.7 Å². The lowest BCUT2D eigenvalue weighted by atomic mass is 10.1. The minimum atomic E-state index is -0.594. The number of benzene rings is 1. The molecule has 11 nitrogen and oxygen atoms in total. The molecule has 1 atom stereocenters. The molecule has 1 saturated heterocycles. The minimum Gasteiger partial charge on any atom is -0.496 e. The summed E-state index contributed by atoms with van der Waals surface area (Å²) in [6.45, 7) is 11.1. The molecule has 11 heteroatoms. The standard InChI is InChI=1S/C28H37N7O4/c1-17-10-20(11-23(38-6)18(17)2)34-14-24(29-16-34)31-26-30-22-13-33(27(37)39-28(3,4)5)12-21(22)25(32-26)35-9-7-8-19(35)15-36/h10-11,14,16,19,36H,7-9,12-13,15H2,1-6H3,(H,30,31,32)/t19-/m1/s1. The van der Waals surface area contributed by atoms with Crippen molar-refractivity contribution in [2.45, 2.75) is 72.2 Å². The van der Waals surface area contributed by atoms with Crippen molar-refractivity contribution in [3.63, 3.8) is 0 Å². The highest BCUT2D eigenvalue weighted by atomic mass is 16.6. The van der Waals surface area contributed by atoms with Crippen molar-refractivity contribution >= 4 is 23.7 Å². The van der Waals surface area contributed by atoms with Crippen molar-refractivity contribution in [2.75, 3.05) is 30.5 Å². The van der Waals surface area contributed by atoms with Gasteiger partial charge >= 0.3 is 6.09 Å². The molecule has 1 fully saturated rings. The number of aryl methyl sites for hydroxylation is 1. The molecule has 208 valence electrons. The third-order valence-electron chi connectivity index (χ3n) is 7.22. The van der Waals surface area contributed by atoms with Crippen LogP contribution < -0.4 is 15.0 Å². The van der Waals surface area contributed by atoms with E-state index in [1.165, 1.54) is 0 Å². The Hall–Kier alpha value is -3.86. The molecule has 0 bridgehead atoms. The largest absolute Gasteiger partial charge is 0.496 e. The van der Waals surface area contributed by atoms with E-state index in [2.05, 4.69) is 28.2 Å². The maximum absolute atomic E-state index is 12.9. The fourth-order valence-electron chi connectivity index (χ4n) is 5.10. The van der Waals surface area contributed by atoms with Crippen LogP contribution >= 0.6 is 0 Å². The molecule has 0 radical (unpaired) electrons. The Labute approximate surface area is 228 Å². The van der Waals surface area contributed by atoms with Crippen LogP contribution in [0.4, 0.5) is 22.4 Å². The van der Waals surface area contributed by atoms with Gasteiger partial charge in [-0.05, 0) is 64.7 Å². The van der Waals surface area contributed by atoms with Crippen LogP contribution in [0, 0.1) is 13.8 Å². The number of ether oxygens (including phenoxy) is 2. The molecule has 0 aliphatic carbocycles. The number of amides is 1. The van der Waals surface area contributed by atoms with Crippen LogP contribution in [-0.2, 0) is 17.8 Å². The van der Waals surface area contributed by atoms with E-state index in [9.17, 15) is 9.90 Å². The molecular formula is C28H37N7O4. The van der Waals surface area contributed by atoms with Crippen molar-refractivity contribution in [3.8, 4) is 11.4 Å².